The van der Waals surface area contributed by atoms with Crippen LogP contribution in [-0.4, -0.2) is 33.9 Å². The minimum absolute atomic E-state index is 0.0208. The summed E-state index contributed by atoms with van der Waals surface area (Å²) in [7, 11) is 0. The summed E-state index contributed by atoms with van der Waals surface area (Å²) >= 11 is 1.29. The van der Waals surface area contributed by atoms with Gasteiger partial charge in [-0.2, -0.15) is 0 Å². The number of carbonyl (C=O) groups is 1. The highest BCUT2D eigenvalue weighted by molar-refractivity contribution is 7.99. The van der Waals surface area contributed by atoms with Crippen molar-refractivity contribution >= 4 is 28.6 Å². The Bertz CT molecular complexity index is 1090. The lowest BCUT2D eigenvalue weighted by molar-refractivity contribution is -0.119. The number of amides is 1. The third-order valence-electron chi connectivity index (χ3n) is 5.20. The van der Waals surface area contributed by atoms with E-state index in [-0.39, 0.29) is 23.3 Å². The summed E-state index contributed by atoms with van der Waals surface area (Å²) in [6.07, 6.45) is 4.42. The fourth-order valence-corrected chi connectivity index (χ4v) is 4.59. The van der Waals surface area contributed by atoms with Crippen molar-refractivity contribution in [3.05, 3.63) is 58.9 Å². The molecule has 0 bridgehead atoms. The minimum atomic E-state index is -0.150. The molecule has 4 rings (SSSR count). The van der Waals surface area contributed by atoms with Crippen molar-refractivity contribution in [1.82, 2.24) is 14.9 Å². The lowest BCUT2D eigenvalue weighted by Crippen LogP contribution is -2.34. The van der Waals surface area contributed by atoms with Gasteiger partial charge in [-0.05, 0) is 56.2 Å². The lowest BCUT2D eigenvalue weighted by atomic mass is 10.2. The summed E-state index contributed by atoms with van der Waals surface area (Å²) in [4.78, 5) is 30.4. The van der Waals surface area contributed by atoms with Crippen molar-refractivity contribution in [2.24, 2.45) is 0 Å². The van der Waals surface area contributed by atoms with Crippen LogP contribution >= 0.6 is 11.8 Å². The third kappa shape index (κ3) is 4.51. The average Bonchev–Trinajstić information content (AvgIpc) is 3.26. The number of para-hydroxylation sites is 1. The molecule has 7 heteroatoms. The first-order valence-electron chi connectivity index (χ1n) is 10.3. The Morgan fingerprint density at radius 3 is 2.63 bits per heavy atom. The highest BCUT2D eigenvalue weighted by atomic mass is 32.2. The number of nitrogens with zero attached hydrogens (tertiary/aromatic N) is 2. The monoisotopic (exact) mass is 423 g/mol. The zero-order valence-electron chi connectivity index (χ0n) is 17.0. The quantitative estimate of drug-likeness (QED) is 0.460. The third-order valence-corrected chi connectivity index (χ3v) is 6.14. The number of fused-ring (bicyclic) bond motifs is 1. The van der Waals surface area contributed by atoms with Crippen molar-refractivity contribution in [1.29, 1.82) is 0 Å². The minimum Gasteiger partial charge on any atom is -0.494 e. The van der Waals surface area contributed by atoms with Crippen LogP contribution in [0.1, 0.15) is 32.6 Å². The molecule has 0 atom stereocenters. The predicted molar refractivity (Wildman–Crippen MR) is 120 cm³/mol. The van der Waals surface area contributed by atoms with E-state index in [2.05, 4.69) is 10.3 Å². The van der Waals surface area contributed by atoms with Gasteiger partial charge in [0.25, 0.3) is 5.56 Å². The number of hydrogen-bond donors (Lipinski definition) is 1. The first-order chi connectivity index (χ1) is 14.7. The number of aromatic nitrogens is 2. The Morgan fingerprint density at radius 2 is 1.90 bits per heavy atom. The Kier molecular flexibility index (Phi) is 6.38. The number of carbonyl (C=O) groups excluding carboxylic acids is 1. The van der Waals surface area contributed by atoms with Crippen molar-refractivity contribution in [2.75, 3.05) is 12.4 Å². The summed E-state index contributed by atoms with van der Waals surface area (Å²) in [5.74, 6) is 0.943. The molecule has 30 heavy (non-hydrogen) atoms. The average molecular weight is 424 g/mol. The number of nitrogens with one attached hydrogen (secondary N) is 1. The van der Waals surface area contributed by atoms with Gasteiger partial charge in [0.2, 0.25) is 5.91 Å². The molecule has 156 valence electrons. The molecule has 6 nitrogen and oxygen atoms in total. The fraction of sp³-hybridized carbons (Fsp3) is 0.348. The first kappa shape index (κ1) is 20.5. The van der Waals surface area contributed by atoms with Crippen LogP contribution in [0.3, 0.4) is 0 Å². The van der Waals surface area contributed by atoms with Crippen LogP contribution in [-0.2, 0) is 4.79 Å². The Balaban J connectivity index is 1.65. The second-order valence-electron chi connectivity index (χ2n) is 7.32. The lowest BCUT2D eigenvalue weighted by Gasteiger charge is -2.15. The number of benzene rings is 2. The van der Waals surface area contributed by atoms with Crippen LogP contribution in [0.4, 0.5) is 0 Å². The summed E-state index contributed by atoms with van der Waals surface area (Å²) in [5, 5.41) is 4.14. The van der Waals surface area contributed by atoms with Crippen LogP contribution in [0.25, 0.3) is 16.6 Å². The van der Waals surface area contributed by atoms with Crippen molar-refractivity contribution < 1.29 is 9.53 Å². The zero-order chi connectivity index (χ0) is 20.9. The molecule has 0 radical (unpaired) electrons. The first-order valence-corrected chi connectivity index (χ1v) is 11.3. The highest BCUT2D eigenvalue weighted by Gasteiger charge is 2.19. The van der Waals surface area contributed by atoms with Gasteiger partial charge in [0.1, 0.15) is 5.75 Å². The molecular formula is C23H25N3O3S. The molecule has 1 fully saturated rings. The summed E-state index contributed by atoms with van der Waals surface area (Å²) in [5.41, 5.74) is 1.17. The van der Waals surface area contributed by atoms with Gasteiger partial charge in [0, 0.05) is 6.04 Å². The molecule has 2 aromatic carbocycles. The van der Waals surface area contributed by atoms with Crippen LogP contribution in [0.2, 0.25) is 0 Å². The van der Waals surface area contributed by atoms with E-state index in [1.165, 1.54) is 24.6 Å². The van der Waals surface area contributed by atoms with E-state index in [0.29, 0.717) is 28.4 Å². The standard InChI is InChI=1S/C23H25N3O3S/c1-2-29-18-13-11-17(12-14-18)26-22(28)19-9-5-6-10-20(19)25-23(26)30-15-21(27)24-16-7-3-4-8-16/h5-6,9-14,16H,2-4,7-8,15H2,1H3,(H,24,27). The van der Waals surface area contributed by atoms with E-state index < -0.39 is 0 Å². The molecular weight excluding hydrogens is 398 g/mol. The van der Waals surface area contributed by atoms with Gasteiger partial charge in [-0.15, -0.1) is 0 Å². The molecule has 1 saturated carbocycles. The van der Waals surface area contributed by atoms with Crippen LogP contribution in [0.5, 0.6) is 5.75 Å². The molecule has 1 amide bonds. The topological polar surface area (TPSA) is 73.2 Å². The molecule has 1 N–H and O–H groups in total. The number of hydrogen-bond acceptors (Lipinski definition) is 5. The van der Waals surface area contributed by atoms with Crippen LogP contribution in [0.15, 0.2) is 58.5 Å². The van der Waals surface area contributed by atoms with Gasteiger partial charge in [-0.25, -0.2) is 4.98 Å². The molecule has 0 unspecified atom stereocenters. The van der Waals surface area contributed by atoms with E-state index >= 15 is 0 Å². The smallest absolute Gasteiger partial charge is 0.266 e. The Morgan fingerprint density at radius 1 is 1.17 bits per heavy atom. The Hall–Kier alpha value is -2.80. The molecule has 0 saturated heterocycles. The van der Waals surface area contributed by atoms with Crippen molar-refractivity contribution in [2.45, 2.75) is 43.8 Å². The highest BCUT2D eigenvalue weighted by Crippen LogP contribution is 2.23. The molecule has 3 aromatic rings. The van der Waals surface area contributed by atoms with E-state index in [9.17, 15) is 9.59 Å². The van der Waals surface area contributed by atoms with Gasteiger partial charge in [-0.1, -0.05) is 36.7 Å². The van der Waals surface area contributed by atoms with Gasteiger partial charge < -0.3 is 10.1 Å². The number of ether oxygens (including phenoxy) is 1. The summed E-state index contributed by atoms with van der Waals surface area (Å²) in [6, 6.07) is 14.9. The van der Waals surface area contributed by atoms with Crippen LogP contribution < -0.4 is 15.6 Å². The SMILES string of the molecule is CCOc1ccc(-n2c(SCC(=O)NC3CCCC3)nc3ccccc3c2=O)cc1. The second kappa shape index (κ2) is 9.34. The second-order valence-corrected chi connectivity index (χ2v) is 8.26. The van der Waals surface area contributed by atoms with Gasteiger partial charge in [0.15, 0.2) is 5.16 Å². The molecule has 1 heterocycles. The molecule has 0 spiro atoms. The predicted octanol–water partition coefficient (Wildman–Crippen LogP) is 3.94. The maximum absolute atomic E-state index is 13.3. The van der Waals surface area contributed by atoms with Gasteiger partial charge >= 0.3 is 0 Å². The summed E-state index contributed by atoms with van der Waals surface area (Å²) in [6.45, 7) is 2.51. The van der Waals surface area contributed by atoms with E-state index in [1.54, 1.807) is 10.6 Å². The molecule has 0 aliphatic heterocycles. The van der Waals surface area contributed by atoms with E-state index in [1.807, 2.05) is 49.4 Å². The summed E-state index contributed by atoms with van der Waals surface area (Å²) < 4.78 is 7.08. The van der Waals surface area contributed by atoms with Gasteiger partial charge in [0.05, 0.1) is 29.0 Å². The normalized spacial score (nSPS) is 14.2. The molecule has 1 aromatic heterocycles. The van der Waals surface area contributed by atoms with Crippen molar-refractivity contribution in [3.8, 4) is 11.4 Å². The zero-order valence-corrected chi connectivity index (χ0v) is 17.8. The van der Waals surface area contributed by atoms with E-state index in [0.717, 1.165) is 18.6 Å². The van der Waals surface area contributed by atoms with Gasteiger partial charge in [-0.3, -0.25) is 14.2 Å². The maximum Gasteiger partial charge on any atom is 0.266 e. The van der Waals surface area contributed by atoms with Crippen LogP contribution in [0, 0.1) is 0 Å². The molecule has 1 aliphatic carbocycles. The maximum atomic E-state index is 13.3. The number of rotatable bonds is 7. The molecule has 1 aliphatic rings. The fourth-order valence-electron chi connectivity index (χ4n) is 3.76. The van der Waals surface area contributed by atoms with E-state index in [4.69, 9.17) is 4.74 Å². The number of thioether (sulfide) groups is 1. The van der Waals surface area contributed by atoms with Crippen molar-refractivity contribution in [3.63, 3.8) is 0 Å². The Labute approximate surface area is 179 Å². The largest absolute Gasteiger partial charge is 0.494 e.